The van der Waals surface area contributed by atoms with Gasteiger partial charge in [0.2, 0.25) is 11.8 Å². The zero-order chi connectivity index (χ0) is 30.2. The van der Waals surface area contributed by atoms with Gasteiger partial charge in [-0.2, -0.15) is 0 Å². The van der Waals surface area contributed by atoms with Crippen LogP contribution in [0.1, 0.15) is 50.8 Å². The number of nitrogens with zero attached hydrogens (tertiary/aromatic N) is 2. The van der Waals surface area contributed by atoms with Crippen molar-refractivity contribution in [3.8, 4) is 5.75 Å². The molecule has 3 aromatic rings. The fourth-order valence-corrected chi connectivity index (χ4v) is 5.85. The molecule has 220 valence electrons. The third-order valence-corrected chi connectivity index (χ3v) is 8.40. The molecule has 0 bridgehead atoms. The molecule has 1 atom stereocenters. The van der Waals surface area contributed by atoms with Crippen LogP contribution in [0.15, 0.2) is 77.7 Å². The van der Waals surface area contributed by atoms with E-state index in [1.165, 1.54) is 17.0 Å². The maximum Gasteiger partial charge on any atom is 0.264 e. The topological polar surface area (TPSA) is 96.0 Å². The molecule has 0 fully saturated rings. The molecular formula is C32H41N3O5S. The minimum absolute atomic E-state index is 0.0689. The summed E-state index contributed by atoms with van der Waals surface area (Å²) in [5, 5.41) is 2.91. The molecule has 3 rings (SSSR count). The average Bonchev–Trinajstić information content (AvgIpc) is 2.93. The molecule has 0 aliphatic carbocycles. The van der Waals surface area contributed by atoms with Gasteiger partial charge in [-0.1, -0.05) is 54.4 Å². The standard InChI is InChI=1S/C32H41N3O5S/c1-7-30(32(37)33-23(3)4)34(21-26-13-9-24(5)10-14-26)31(36)22-35(27-15-17-28(18-16-27)40-8-2)41(38,39)29-19-11-25(6)12-20-29/h9-20,23,30H,7-8,21-22H2,1-6H3,(H,33,37)/t30-/m0/s1. The first-order valence-electron chi connectivity index (χ1n) is 13.9. The summed E-state index contributed by atoms with van der Waals surface area (Å²) >= 11 is 0. The highest BCUT2D eigenvalue weighted by Gasteiger charge is 2.33. The Morgan fingerprint density at radius 1 is 0.854 bits per heavy atom. The summed E-state index contributed by atoms with van der Waals surface area (Å²) in [6.07, 6.45) is 0.365. The highest BCUT2D eigenvalue weighted by Crippen LogP contribution is 2.27. The van der Waals surface area contributed by atoms with Crippen LogP contribution in [-0.2, 0) is 26.2 Å². The lowest BCUT2D eigenvalue weighted by atomic mass is 10.1. The third-order valence-electron chi connectivity index (χ3n) is 6.61. The molecule has 8 nitrogen and oxygen atoms in total. The minimum Gasteiger partial charge on any atom is -0.494 e. The predicted molar refractivity (Wildman–Crippen MR) is 162 cm³/mol. The van der Waals surface area contributed by atoms with Crippen LogP contribution in [0.3, 0.4) is 0 Å². The maximum absolute atomic E-state index is 14.1. The Kier molecular flexibility index (Phi) is 10.9. The number of carbonyl (C=O) groups is 2. The van der Waals surface area contributed by atoms with Crippen molar-refractivity contribution in [3.63, 3.8) is 0 Å². The van der Waals surface area contributed by atoms with Crippen LogP contribution in [0.2, 0.25) is 0 Å². The maximum atomic E-state index is 14.1. The monoisotopic (exact) mass is 579 g/mol. The average molecular weight is 580 g/mol. The molecule has 1 N–H and O–H groups in total. The molecular weight excluding hydrogens is 538 g/mol. The normalized spacial score (nSPS) is 12.1. The Balaban J connectivity index is 2.06. The van der Waals surface area contributed by atoms with Gasteiger partial charge in [0.1, 0.15) is 18.3 Å². The molecule has 3 aromatic carbocycles. The number of hydrogen-bond donors (Lipinski definition) is 1. The molecule has 0 spiro atoms. The number of benzene rings is 3. The van der Waals surface area contributed by atoms with Crippen molar-refractivity contribution in [2.45, 2.75) is 71.5 Å². The molecule has 0 aliphatic heterocycles. The van der Waals surface area contributed by atoms with E-state index in [0.29, 0.717) is 24.5 Å². The number of ether oxygens (including phenoxy) is 1. The van der Waals surface area contributed by atoms with Gasteiger partial charge in [0.25, 0.3) is 10.0 Å². The van der Waals surface area contributed by atoms with E-state index >= 15 is 0 Å². The Hall–Kier alpha value is -3.85. The van der Waals surface area contributed by atoms with Crippen molar-refractivity contribution in [3.05, 3.63) is 89.5 Å². The Bertz CT molecular complexity index is 1400. The number of sulfonamides is 1. The number of rotatable bonds is 13. The van der Waals surface area contributed by atoms with Gasteiger partial charge >= 0.3 is 0 Å². The lowest BCUT2D eigenvalue weighted by Crippen LogP contribution is -2.53. The molecule has 0 saturated heterocycles. The summed E-state index contributed by atoms with van der Waals surface area (Å²) < 4.78 is 34.6. The molecule has 0 heterocycles. The zero-order valence-corrected chi connectivity index (χ0v) is 25.6. The SMILES string of the molecule is CCOc1ccc(N(CC(=O)N(Cc2ccc(C)cc2)[C@@H](CC)C(=O)NC(C)C)S(=O)(=O)c2ccc(C)cc2)cc1. The van der Waals surface area contributed by atoms with Crippen LogP contribution in [0.25, 0.3) is 0 Å². The number of nitrogens with one attached hydrogen (secondary N) is 1. The van der Waals surface area contributed by atoms with E-state index in [0.717, 1.165) is 21.0 Å². The van der Waals surface area contributed by atoms with Crippen LogP contribution in [0.4, 0.5) is 5.69 Å². The number of aryl methyl sites for hydroxylation is 2. The third kappa shape index (κ3) is 8.33. The first kappa shape index (κ1) is 31.7. The Morgan fingerprint density at radius 3 is 1.93 bits per heavy atom. The Labute approximate surface area is 244 Å². The van der Waals surface area contributed by atoms with Crippen molar-refractivity contribution >= 4 is 27.5 Å². The van der Waals surface area contributed by atoms with Crippen molar-refractivity contribution in [2.24, 2.45) is 0 Å². The lowest BCUT2D eigenvalue weighted by molar-refractivity contribution is -0.140. The van der Waals surface area contributed by atoms with E-state index in [-0.39, 0.29) is 23.4 Å². The summed E-state index contributed by atoms with van der Waals surface area (Å²) in [5.41, 5.74) is 3.15. The molecule has 41 heavy (non-hydrogen) atoms. The molecule has 0 radical (unpaired) electrons. The summed E-state index contributed by atoms with van der Waals surface area (Å²) in [6, 6.07) is 19.9. The van der Waals surface area contributed by atoms with Gasteiger partial charge in [0.15, 0.2) is 0 Å². The predicted octanol–water partition coefficient (Wildman–Crippen LogP) is 5.23. The minimum atomic E-state index is -4.13. The smallest absolute Gasteiger partial charge is 0.264 e. The quantitative estimate of drug-likeness (QED) is 0.299. The number of carbonyl (C=O) groups excluding carboxylic acids is 2. The Morgan fingerprint density at radius 2 is 1.41 bits per heavy atom. The lowest BCUT2D eigenvalue weighted by Gasteiger charge is -2.33. The highest BCUT2D eigenvalue weighted by molar-refractivity contribution is 7.92. The second-order valence-corrected chi connectivity index (χ2v) is 12.2. The van der Waals surface area contributed by atoms with E-state index < -0.39 is 28.5 Å². The van der Waals surface area contributed by atoms with Crippen LogP contribution >= 0.6 is 0 Å². The molecule has 0 aliphatic rings. The van der Waals surface area contributed by atoms with Gasteiger partial charge in [-0.15, -0.1) is 0 Å². The van der Waals surface area contributed by atoms with Crippen LogP contribution in [-0.4, -0.2) is 50.4 Å². The van der Waals surface area contributed by atoms with Gasteiger partial charge in [-0.05, 0) is 83.0 Å². The largest absolute Gasteiger partial charge is 0.494 e. The number of amides is 2. The van der Waals surface area contributed by atoms with Crippen molar-refractivity contribution < 1.29 is 22.7 Å². The second-order valence-electron chi connectivity index (χ2n) is 10.3. The zero-order valence-electron chi connectivity index (χ0n) is 24.8. The second kappa shape index (κ2) is 14.2. The van der Waals surface area contributed by atoms with Crippen molar-refractivity contribution in [1.29, 1.82) is 0 Å². The molecule has 2 amide bonds. The molecule has 9 heteroatoms. The molecule has 0 aromatic heterocycles. The van der Waals surface area contributed by atoms with Gasteiger partial charge in [-0.3, -0.25) is 13.9 Å². The molecule has 0 saturated carbocycles. The fraction of sp³-hybridized carbons (Fsp3) is 0.375. The molecule has 0 unspecified atom stereocenters. The summed E-state index contributed by atoms with van der Waals surface area (Å²) in [7, 11) is -4.13. The van der Waals surface area contributed by atoms with Crippen LogP contribution < -0.4 is 14.4 Å². The number of hydrogen-bond acceptors (Lipinski definition) is 5. The fourth-order valence-electron chi connectivity index (χ4n) is 4.43. The van der Waals surface area contributed by atoms with E-state index in [1.54, 1.807) is 36.4 Å². The van der Waals surface area contributed by atoms with Crippen LogP contribution in [0.5, 0.6) is 5.75 Å². The summed E-state index contributed by atoms with van der Waals surface area (Å²) in [5.74, 6) is -0.175. The van der Waals surface area contributed by atoms with E-state index in [2.05, 4.69) is 5.32 Å². The number of anilines is 1. The van der Waals surface area contributed by atoms with E-state index in [4.69, 9.17) is 4.74 Å². The van der Waals surface area contributed by atoms with Crippen LogP contribution in [0, 0.1) is 13.8 Å². The first-order chi connectivity index (χ1) is 19.5. The van der Waals surface area contributed by atoms with Crippen molar-refractivity contribution in [2.75, 3.05) is 17.5 Å². The van der Waals surface area contributed by atoms with Gasteiger partial charge in [0, 0.05) is 12.6 Å². The van der Waals surface area contributed by atoms with Crippen molar-refractivity contribution in [1.82, 2.24) is 10.2 Å². The van der Waals surface area contributed by atoms with Gasteiger partial charge in [0.05, 0.1) is 17.2 Å². The summed E-state index contributed by atoms with van der Waals surface area (Å²) in [4.78, 5) is 28.9. The van der Waals surface area contributed by atoms with Gasteiger partial charge in [-0.25, -0.2) is 8.42 Å². The first-order valence-corrected chi connectivity index (χ1v) is 15.4. The van der Waals surface area contributed by atoms with Gasteiger partial charge < -0.3 is 15.0 Å². The summed E-state index contributed by atoms with van der Waals surface area (Å²) in [6.45, 7) is 11.4. The van der Waals surface area contributed by atoms with E-state index in [9.17, 15) is 18.0 Å². The highest BCUT2D eigenvalue weighted by atomic mass is 32.2. The van der Waals surface area contributed by atoms with E-state index in [1.807, 2.05) is 65.8 Å².